The number of carbonyl (C=O) groups is 1. The summed E-state index contributed by atoms with van der Waals surface area (Å²) in [5, 5.41) is 0. The smallest absolute Gasteiger partial charge is 0.416 e. The van der Waals surface area contributed by atoms with Crippen molar-refractivity contribution in [2.24, 2.45) is 11.1 Å². The lowest BCUT2D eigenvalue weighted by Crippen LogP contribution is -2.28. The normalized spacial score (nSPS) is 14.0. The van der Waals surface area contributed by atoms with Crippen LogP contribution in [0.2, 0.25) is 0 Å². The van der Waals surface area contributed by atoms with Gasteiger partial charge in [-0.3, -0.25) is 0 Å². The molecule has 2 N–H and O–H groups in total. The molecular weight excluding hydrogens is 259 g/mol. The number of rotatable bonds is 2. The molecule has 19 heavy (non-hydrogen) atoms. The molecule has 1 unspecified atom stereocenters. The molecule has 106 valence electrons. The van der Waals surface area contributed by atoms with Gasteiger partial charge in [-0.05, 0) is 6.07 Å². The highest BCUT2D eigenvalue weighted by molar-refractivity contribution is 5.65. The van der Waals surface area contributed by atoms with E-state index in [-0.39, 0.29) is 5.56 Å². The third-order valence-electron chi connectivity index (χ3n) is 2.57. The van der Waals surface area contributed by atoms with Crippen molar-refractivity contribution in [1.29, 1.82) is 0 Å². The highest BCUT2D eigenvalue weighted by Gasteiger charge is 2.39. The Bertz CT molecular complexity index is 464. The second kappa shape index (κ2) is 5.11. The van der Waals surface area contributed by atoms with Gasteiger partial charge in [0.25, 0.3) is 0 Å². The Kier molecular flexibility index (Phi) is 4.12. The average molecular weight is 275 g/mol. The third-order valence-corrected chi connectivity index (χ3v) is 2.57. The van der Waals surface area contributed by atoms with Gasteiger partial charge < -0.3 is 10.5 Å². The monoisotopic (exact) mass is 275 g/mol. The number of benzene rings is 1. The van der Waals surface area contributed by atoms with Gasteiger partial charge in [-0.25, -0.2) is 4.79 Å². The van der Waals surface area contributed by atoms with E-state index in [4.69, 9.17) is 10.5 Å². The van der Waals surface area contributed by atoms with Crippen LogP contribution in [0, 0.1) is 5.41 Å². The number of carbonyl (C=O) groups excluding carboxylic acids is 1. The summed E-state index contributed by atoms with van der Waals surface area (Å²) in [5.41, 5.74) is 3.31. The molecular formula is C13H16F3NO2. The molecule has 0 aromatic heterocycles. The van der Waals surface area contributed by atoms with E-state index in [0.717, 1.165) is 6.07 Å². The minimum Gasteiger partial charge on any atom is -0.441 e. The lowest BCUT2D eigenvalue weighted by atomic mass is 9.82. The van der Waals surface area contributed by atoms with Crippen LogP contribution in [0.4, 0.5) is 18.0 Å². The molecule has 1 aromatic carbocycles. The maximum absolute atomic E-state index is 13.0. The highest BCUT2D eigenvalue weighted by atomic mass is 19.4. The van der Waals surface area contributed by atoms with Gasteiger partial charge >= 0.3 is 12.3 Å². The molecule has 0 heterocycles. The van der Waals surface area contributed by atoms with E-state index in [1.165, 1.54) is 18.2 Å². The van der Waals surface area contributed by atoms with E-state index in [2.05, 4.69) is 0 Å². The fourth-order valence-corrected chi connectivity index (χ4v) is 1.81. The van der Waals surface area contributed by atoms with Crippen molar-refractivity contribution in [3.63, 3.8) is 0 Å². The number of primary amides is 1. The minimum atomic E-state index is -4.51. The molecule has 1 amide bonds. The first-order valence-electron chi connectivity index (χ1n) is 5.65. The van der Waals surface area contributed by atoms with E-state index >= 15 is 0 Å². The second-order valence-electron chi connectivity index (χ2n) is 5.27. The molecule has 0 aliphatic rings. The molecule has 1 aromatic rings. The van der Waals surface area contributed by atoms with Gasteiger partial charge in [0.05, 0.1) is 5.56 Å². The van der Waals surface area contributed by atoms with Crippen LogP contribution in [0.1, 0.15) is 38.0 Å². The standard InChI is InChI=1S/C13H16F3NO2/c1-12(2,3)10(19-11(17)18)8-6-4-5-7-9(8)13(14,15)16/h4-7,10H,1-3H3,(H2,17,18). The number of hydrogen-bond donors (Lipinski definition) is 1. The molecule has 6 heteroatoms. The van der Waals surface area contributed by atoms with E-state index in [1.54, 1.807) is 20.8 Å². The molecule has 0 aliphatic carbocycles. The quantitative estimate of drug-likeness (QED) is 0.890. The van der Waals surface area contributed by atoms with Crippen molar-refractivity contribution in [2.75, 3.05) is 0 Å². The van der Waals surface area contributed by atoms with Crippen LogP contribution >= 0.6 is 0 Å². The van der Waals surface area contributed by atoms with E-state index < -0.39 is 29.4 Å². The summed E-state index contributed by atoms with van der Waals surface area (Å²) in [6, 6.07) is 5.00. The molecule has 0 saturated heterocycles. The molecule has 0 spiro atoms. The Balaban J connectivity index is 3.35. The number of ether oxygens (including phenoxy) is 1. The zero-order chi connectivity index (χ0) is 14.8. The lowest BCUT2D eigenvalue weighted by Gasteiger charge is -2.31. The first kappa shape index (κ1) is 15.3. The second-order valence-corrected chi connectivity index (χ2v) is 5.27. The van der Waals surface area contributed by atoms with Crippen LogP contribution in [0.3, 0.4) is 0 Å². The molecule has 0 saturated carbocycles. The van der Waals surface area contributed by atoms with Crippen molar-refractivity contribution < 1.29 is 22.7 Å². The van der Waals surface area contributed by atoms with E-state index in [9.17, 15) is 18.0 Å². The maximum atomic E-state index is 13.0. The Morgan fingerprint density at radius 1 is 1.21 bits per heavy atom. The van der Waals surface area contributed by atoms with E-state index in [1.807, 2.05) is 0 Å². The Morgan fingerprint density at radius 3 is 2.16 bits per heavy atom. The first-order valence-corrected chi connectivity index (χ1v) is 5.65. The van der Waals surface area contributed by atoms with Gasteiger partial charge in [-0.15, -0.1) is 0 Å². The van der Waals surface area contributed by atoms with Crippen LogP contribution < -0.4 is 5.73 Å². The van der Waals surface area contributed by atoms with Crippen molar-refractivity contribution in [2.45, 2.75) is 33.1 Å². The Labute approximate surface area is 109 Å². The number of amides is 1. The number of halogens is 3. The van der Waals surface area contributed by atoms with Crippen molar-refractivity contribution in [3.8, 4) is 0 Å². The fraction of sp³-hybridized carbons (Fsp3) is 0.462. The van der Waals surface area contributed by atoms with Gasteiger partial charge in [0, 0.05) is 11.0 Å². The molecule has 3 nitrogen and oxygen atoms in total. The molecule has 1 atom stereocenters. The summed E-state index contributed by atoms with van der Waals surface area (Å²) in [5.74, 6) is 0. The van der Waals surface area contributed by atoms with Crippen LogP contribution in [-0.4, -0.2) is 6.09 Å². The van der Waals surface area contributed by atoms with Gasteiger partial charge in [0.1, 0.15) is 6.10 Å². The number of alkyl halides is 3. The molecule has 0 bridgehead atoms. The SMILES string of the molecule is CC(C)(C)C(OC(N)=O)c1ccccc1C(F)(F)F. The Hall–Kier alpha value is -1.72. The fourth-order valence-electron chi connectivity index (χ4n) is 1.81. The Morgan fingerprint density at radius 2 is 1.74 bits per heavy atom. The predicted molar refractivity (Wildman–Crippen MR) is 64.3 cm³/mol. The predicted octanol–water partition coefficient (Wildman–Crippen LogP) is 3.89. The molecule has 0 fully saturated rings. The average Bonchev–Trinajstić information content (AvgIpc) is 2.23. The third kappa shape index (κ3) is 3.87. The molecule has 1 rings (SSSR count). The number of nitrogens with two attached hydrogens (primary N) is 1. The largest absolute Gasteiger partial charge is 0.441 e. The van der Waals surface area contributed by atoms with Crippen molar-refractivity contribution in [1.82, 2.24) is 0 Å². The van der Waals surface area contributed by atoms with Gasteiger partial charge in [-0.2, -0.15) is 13.2 Å². The summed E-state index contributed by atoms with van der Waals surface area (Å²) < 4.78 is 43.8. The minimum absolute atomic E-state index is 0.0960. The van der Waals surface area contributed by atoms with Gasteiger partial charge in [-0.1, -0.05) is 39.0 Å². The van der Waals surface area contributed by atoms with Crippen LogP contribution in [-0.2, 0) is 10.9 Å². The molecule has 0 radical (unpaired) electrons. The summed E-state index contributed by atoms with van der Waals surface area (Å²) in [6.07, 6.45) is -6.68. The molecule has 0 aliphatic heterocycles. The zero-order valence-corrected chi connectivity index (χ0v) is 10.9. The van der Waals surface area contributed by atoms with Crippen LogP contribution in [0.5, 0.6) is 0 Å². The van der Waals surface area contributed by atoms with Crippen molar-refractivity contribution >= 4 is 6.09 Å². The van der Waals surface area contributed by atoms with Crippen LogP contribution in [0.25, 0.3) is 0 Å². The maximum Gasteiger partial charge on any atom is 0.416 e. The van der Waals surface area contributed by atoms with Crippen molar-refractivity contribution in [3.05, 3.63) is 35.4 Å². The summed E-state index contributed by atoms with van der Waals surface area (Å²) in [6.45, 7) is 5.02. The first-order chi connectivity index (χ1) is 8.53. The van der Waals surface area contributed by atoms with E-state index in [0.29, 0.717) is 0 Å². The summed E-state index contributed by atoms with van der Waals surface area (Å²) in [7, 11) is 0. The lowest BCUT2D eigenvalue weighted by molar-refractivity contribution is -0.139. The zero-order valence-electron chi connectivity index (χ0n) is 10.9. The summed E-state index contributed by atoms with van der Waals surface area (Å²) in [4.78, 5) is 10.9. The number of hydrogen-bond acceptors (Lipinski definition) is 2. The van der Waals surface area contributed by atoms with Gasteiger partial charge in [0.15, 0.2) is 0 Å². The highest BCUT2D eigenvalue weighted by Crippen LogP contribution is 2.42. The van der Waals surface area contributed by atoms with Gasteiger partial charge in [0.2, 0.25) is 0 Å². The summed E-state index contributed by atoms with van der Waals surface area (Å²) >= 11 is 0. The topological polar surface area (TPSA) is 52.3 Å². The van der Waals surface area contributed by atoms with Crippen LogP contribution in [0.15, 0.2) is 24.3 Å².